The fourth-order valence-corrected chi connectivity index (χ4v) is 1.90. The Hall–Kier alpha value is -0.440. The van der Waals surface area contributed by atoms with Crippen LogP contribution in [0.25, 0.3) is 0 Å². The predicted octanol–water partition coefficient (Wildman–Crippen LogP) is 4.62. The van der Waals surface area contributed by atoms with Crippen molar-refractivity contribution in [2.24, 2.45) is 0 Å². The predicted molar refractivity (Wildman–Crippen MR) is 70.9 cm³/mol. The van der Waals surface area contributed by atoms with E-state index in [2.05, 4.69) is 0 Å². The number of rotatable bonds is 5. The van der Waals surface area contributed by atoms with E-state index < -0.39 is 0 Å². The highest BCUT2D eigenvalue weighted by atomic mass is 35.5. The molecule has 1 aromatic rings. The molecule has 0 N–H and O–H groups in total. The van der Waals surface area contributed by atoms with E-state index in [0.717, 1.165) is 5.56 Å². The van der Waals surface area contributed by atoms with Gasteiger partial charge in [-0.2, -0.15) is 0 Å². The molecule has 0 saturated heterocycles. The van der Waals surface area contributed by atoms with Crippen LogP contribution in [0.2, 0.25) is 10.0 Å². The molecular formula is C12H13Cl3O2. The lowest BCUT2D eigenvalue weighted by atomic mass is 10.1. The minimum Gasteiger partial charge on any atom is -0.466 e. The molecule has 0 amide bonds. The second-order valence-electron chi connectivity index (χ2n) is 3.48. The Kier molecular flexibility index (Phi) is 6.10. The van der Waals surface area contributed by atoms with Crippen LogP contribution >= 0.6 is 34.8 Å². The molecule has 94 valence electrons. The van der Waals surface area contributed by atoms with Crippen molar-refractivity contribution in [3.05, 3.63) is 33.8 Å². The summed E-state index contributed by atoms with van der Waals surface area (Å²) in [6, 6.07) is 5.21. The topological polar surface area (TPSA) is 26.3 Å². The Balaban J connectivity index is 2.54. The molecule has 5 heteroatoms. The lowest BCUT2D eigenvalue weighted by Gasteiger charge is -2.10. The highest BCUT2D eigenvalue weighted by molar-refractivity contribution is 6.42. The second-order valence-corrected chi connectivity index (χ2v) is 4.83. The Labute approximate surface area is 116 Å². The molecule has 0 aromatic heterocycles. The third-order valence-corrected chi connectivity index (χ3v) is 3.42. The van der Waals surface area contributed by atoms with E-state index in [4.69, 9.17) is 39.5 Å². The number of hydrogen-bond acceptors (Lipinski definition) is 2. The van der Waals surface area contributed by atoms with Crippen molar-refractivity contribution in [1.29, 1.82) is 0 Å². The number of esters is 1. The molecule has 0 bridgehead atoms. The van der Waals surface area contributed by atoms with Crippen molar-refractivity contribution in [3.8, 4) is 0 Å². The van der Waals surface area contributed by atoms with Crippen molar-refractivity contribution < 1.29 is 9.53 Å². The van der Waals surface area contributed by atoms with Crippen molar-refractivity contribution in [1.82, 2.24) is 0 Å². The van der Waals surface area contributed by atoms with Gasteiger partial charge in [0, 0.05) is 6.42 Å². The van der Waals surface area contributed by atoms with Gasteiger partial charge in [-0.3, -0.25) is 4.79 Å². The fourth-order valence-electron chi connectivity index (χ4n) is 1.35. The first-order chi connectivity index (χ1) is 8.04. The fraction of sp³-hybridized carbons (Fsp3) is 0.417. The number of ether oxygens (including phenoxy) is 1. The smallest absolute Gasteiger partial charge is 0.305 e. The average molecular weight is 296 g/mol. The van der Waals surface area contributed by atoms with Gasteiger partial charge in [-0.1, -0.05) is 29.3 Å². The summed E-state index contributed by atoms with van der Waals surface area (Å²) in [5.74, 6) is -0.238. The van der Waals surface area contributed by atoms with Crippen LogP contribution in [-0.2, 0) is 9.53 Å². The number of alkyl halides is 1. The average Bonchev–Trinajstić information content (AvgIpc) is 2.30. The summed E-state index contributed by atoms with van der Waals surface area (Å²) >= 11 is 17.9. The highest BCUT2D eigenvalue weighted by Gasteiger charge is 2.12. The van der Waals surface area contributed by atoms with Gasteiger partial charge in [-0.05, 0) is 31.0 Å². The molecule has 1 unspecified atom stereocenters. The Morgan fingerprint density at radius 3 is 2.65 bits per heavy atom. The molecule has 2 nitrogen and oxygen atoms in total. The van der Waals surface area contributed by atoms with E-state index in [-0.39, 0.29) is 11.3 Å². The standard InChI is InChI=1S/C12H13Cl3O2/c1-2-17-12(16)6-5-9(13)8-3-4-10(14)11(15)7-8/h3-4,7,9H,2,5-6H2,1H3. The minimum absolute atomic E-state index is 0.238. The summed E-state index contributed by atoms with van der Waals surface area (Å²) in [6.07, 6.45) is 0.806. The van der Waals surface area contributed by atoms with Crippen LogP contribution in [0.3, 0.4) is 0 Å². The molecule has 1 atom stereocenters. The van der Waals surface area contributed by atoms with E-state index in [1.807, 2.05) is 0 Å². The van der Waals surface area contributed by atoms with Crippen molar-refractivity contribution >= 4 is 40.8 Å². The van der Waals surface area contributed by atoms with Gasteiger partial charge >= 0.3 is 5.97 Å². The third kappa shape index (κ3) is 4.74. The van der Waals surface area contributed by atoms with Crippen LogP contribution in [0.1, 0.15) is 30.7 Å². The third-order valence-electron chi connectivity index (χ3n) is 2.21. The summed E-state index contributed by atoms with van der Waals surface area (Å²) in [5.41, 5.74) is 0.852. The molecular weight excluding hydrogens is 282 g/mol. The van der Waals surface area contributed by atoms with Crippen LogP contribution < -0.4 is 0 Å². The first-order valence-corrected chi connectivity index (χ1v) is 6.48. The van der Waals surface area contributed by atoms with Crippen LogP contribution in [0.5, 0.6) is 0 Å². The van der Waals surface area contributed by atoms with E-state index >= 15 is 0 Å². The minimum atomic E-state index is -0.269. The Morgan fingerprint density at radius 2 is 2.06 bits per heavy atom. The molecule has 0 aliphatic carbocycles. The molecule has 0 heterocycles. The number of halogens is 3. The molecule has 17 heavy (non-hydrogen) atoms. The first-order valence-electron chi connectivity index (χ1n) is 5.29. The van der Waals surface area contributed by atoms with Gasteiger partial charge in [0.2, 0.25) is 0 Å². The Morgan fingerprint density at radius 1 is 1.35 bits per heavy atom. The summed E-state index contributed by atoms with van der Waals surface area (Å²) in [7, 11) is 0. The zero-order valence-electron chi connectivity index (χ0n) is 9.38. The number of benzene rings is 1. The van der Waals surface area contributed by atoms with Crippen molar-refractivity contribution in [2.75, 3.05) is 6.61 Å². The second kappa shape index (κ2) is 7.10. The highest BCUT2D eigenvalue weighted by Crippen LogP contribution is 2.31. The molecule has 0 spiro atoms. The van der Waals surface area contributed by atoms with E-state index in [1.165, 1.54) is 0 Å². The van der Waals surface area contributed by atoms with Crippen LogP contribution in [0.4, 0.5) is 0 Å². The van der Waals surface area contributed by atoms with Gasteiger partial charge in [0.25, 0.3) is 0 Å². The quantitative estimate of drug-likeness (QED) is 0.585. The van der Waals surface area contributed by atoms with Gasteiger partial charge in [0.05, 0.1) is 22.0 Å². The largest absolute Gasteiger partial charge is 0.466 e. The molecule has 0 saturated carbocycles. The zero-order valence-corrected chi connectivity index (χ0v) is 11.6. The monoisotopic (exact) mass is 294 g/mol. The molecule has 1 aromatic carbocycles. The summed E-state index contributed by atoms with van der Waals surface area (Å²) < 4.78 is 4.83. The first kappa shape index (κ1) is 14.6. The van der Waals surface area contributed by atoms with E-state index in [0.29, 0.717) is 29.5 Å². The van der Waals surface area contributed by atoms with Crippen molar-refractivity contribution in [2.45, 2.75) is 25.1 Å². The van der Waals surface area contributed by atoms with Gasteiger partial charge < -0.3 is 4.74 Å². The number of carbonyl (C=O) groups excluding carboxylic acids is 1. The van der Waals surface area contributed by atoms with Gasteiger partial charge in [0.15, 0.2) is 0 Å². The van der Waals surface area contributed by atoms with Crippen molar-refractivity contribution in [3.63, 3.8) is 0 Å². The summed E-state index contributed by atoms with van der Waals surface area (Å²) in [5, 5.41) is 0.685. The summed E-state index contributed by atoms with van der Waals surface area (Å²) in [4.78, 5) is 11.2. The normalized spacial score (nSPS) is 12.2. The lowest BCUT2D eigenvalue weighted by Crippen LogP contribution is -2.05. The molecule has 1 rings (SSSR count). The van der Waals surface area contributed by atoms with Gasteiger partial charge in [-0.15, -0.1) is 11.6 Å². The molecule has 0 radical (unpaired) electrons. The molecule has 0 aliphatic heterocycles. The van der Waals surface area contributed by atoms with Crippen LogP contribution in [-0.4, -0.2) is 12.6 Å². The molecule has 0 aliphatic rings. The number of carbonyl (C=O) groups is 1. The lowest BCUT2D eigenvalue weighted by molar-refractivity contribution is -0.143. The van der Waals surface area contributed by atoms with Gasteiger partial charge in [-0.25, -0.2) is 0 Å². The molecule has 0 fully saturated rings. The number of hydrogen-bond donors (Lipinski definition) is 0. The van der Waals surface area contributed by atoms with E-state index in [9.17, 15) is 4.79 Å². The maximum Gasteiger partial charge on any atom is 0.305 e. The Bertz CT molecular complexity index is 393. The maximum atomic E-state index is 11.2. The van der Waals surface area contributed by atoms with E-state index in [1.54, 1.807) is 25.1 Å². The maximum absolute atomic E-state index is 11.2. The summed E-state index contributed by atoms with van der Waals surface area (Å²) in [6.45, 7) is 2.16. The van der Waals surface area contributed by atoms with Gasteiger partial charge in [0.1, 0.15) is 0 Å². The van der Waals surface area contributed by atoms with Crippen LogP contribution in [0.15, 0.2) is 18.2 Å². The zero-order chi connectivity index (χ0) is 12.8. The SMILES string of the molecule is CCOC(=O)CCC(Cl)c1ccc(Cl)c(Cl)c1. The van der Waals surface area contributed by atoms with Crippen LogP contribution in [0, 0.1) is 0 Å².